The number of rotatable bonds is 7. The molecular formula is C14H30N2O2. The molecule has 0 amide bonds. The van der Waals surface area contributed by atoms with Crippen molar-refractivity contribution in [3.8, 4) is 0 Å². The first-order chi connectivity index (χ1) is 8.59. The summed E-state index contributed by atoms with van der Waals surface area (Å²) in [4.78, 5) is 2.46. The fourth-order valence-electron chi connectivity index (χ4n) is 2.34. The third-order valence-electron chi connectivity index (χ3n) is 3.67. The summed E-state index contributed by atoms with van der Waals surface area (Å²) in [6, 6.07) is 0. The van der Waals surface area contributed by atoms with Crippen molar-refractivity contribution in [2.75, 3.05) is 39.4 Å². The monoisotopic (exact) mass is 258 g/mol. The Bertz CT molecular complexity index is 226. The smallest absolute Gasteiger partial charge is 0.0673 e. The molecule has 1 heterocycles. The van der Waals surface area contributed by atoms with Crippen molar-refractivity contribution in [3.63, 3.8) is 0 Å². The van der Waals surface area contributed by atoms with Crippen LogP contribution in [-0.4, -0.2) is 61.0 Å². The Labute approximate surface area is 112 Å². The average molecular weight is 258 g/mol. The van der Waals surface area contributed by atoms with Gasteiger partial charge in [-0.25, -0.2) is 0 Å². The SMILES string of the molecule is CCCNC(C)(CO)CCN1CCCOC(C)C1. The van der Waals surface area contributed by atoms with E-state index in [0.29, 0.717) is 6.10 Å². The van der Waals surface area contributed by atoms with Gasteiger partial charge in [0.15, 0.2) is 0 Å². The van der Waals surface area contributed by atoms with Crippen LogP contribution in [0.3, 0.4) is 0 Å². The molecule has 4 heteroatoms. The van der Waals surface area contributed by atoms with E-state index in [1.807, 2.05) is 0 Å². The van der Waals surface area contributed by atoms with Crippen LogP contribution in [0.25, 0.3) is 0 Å². The molecule has 0 saturated carbocycles. The van der Waals surface area contributed by atoms with Gasteiger partial charge in [0.05, 0.1) is 12.7 Å². The van der Waals surface area contributed by atoms with Crippen LogP contribution in [0.2, 0.25) is 0 Å². The molecule has 0 aromatic carbocycles. The quantitative estimate of drug-likeness (QED) is 0.721. The van der Waals surface area contributed by atoms with Crippen LogP contribution < -0.4 is 5.32 Å². The number of aliphatic hydroxyl groups excluding tert-OH is 1. The summed E-state index contributed by atoms with van der Waals surface area (Å²) in [5.74, 6) is 0. The molecule has 0 radical (unpaired) electrons. The van der Waals surface area contributed by atoms with E-state index < -0.39 is 0 Å². The zero-order valence-electron chi connectivity index (χ0n) is 12.2. The molecule has 2 N–H and O–H groups in total. The molecule has 4 nitrogen and oxygen atoms in total. The normalized spacial score (nSPS) is 25.7. The van der Waals surface area contributed by atoms with Gasteiger partial charge in [0.2, 0.25) is 0 Å². The molecule has 0 bridgehead atoms. The summed E-state index contributed by atoms with van der Waals surface area (Å²) in [6.45, 7) is 11.6. The second kappa shape index (κ2) is 8.10. The Morgan fingerprint density at radius 1 is 1.50 bits per heavy atom. The van der Waals surface area contributed by atoms with Gasteiger partial charge in [0.25, 0.3) is 0 Å². The van der Waals surface area contributed by atoms with Gasteiger partial charge in [0, 0.05) is 31.8 Å². The topological polar surface area (TPSA) is 44.7 Å². The molecule has 18 heavy (non-hydrogen) atoms. The first kappa shape index (κ1) is 15.9. The van der Waals surface area contributed by atoms with Crippen LogP contribution in [0.15, 0.2) is 0 Å². The van der Waals surface area contributed by atoms with Gasteiger partial charge < -0.3 is 20.1 Å². The third kappa shape index (κ3) is 5.65. The van der Waals surface area contributed by atoms with Crippen molar-refractivity contribution >= 4 is 0 Å². The Hall–Kier alpha value is -0.160. The Balaban J connectivity index is 2.36. The van der Waals surface area contributed by atoms with Crippen LogP contribution in [0.4, 0.5) is 0 Å². The molecule has 1 aliphatic heterocycles. The number of ether oxygens (including phenoxy) is 1. The van der Waals surface area contributed by atoms with E-state index in [1.54, 1.807) is 0 Å². The summed E-state index contributed by atoms with van der Waals surface area (Å²) in [6.07, 6.45) is 3.53. The second-order valence-corrected chi connectivity index (χ2v) is 5.73. The van der Waals surface area contributed by atoms with E-state index in [0.717, 1.165) is 52.0 Å². The van der Waals surface area contributed by atoms with E-state index in [2.05, 4.69) is 31.0 Å². The summed E-state index contributed by atoms with van der Waals surface area (Å²) >= 11 is 0. The lowest BCUT2D eigenvalue weighted by atomic mass is 9.98. The Morgan fingerprint density at radius 2 is 2.28 bits per heavy atom. The molecular weight excluding hydrogens is 228 g/mol. The highest BCUT2D eigenvalue weighted by Crippen LogP contribution is 2.12. The van der Waals surface area contributed by atoms with Crippen LogP contribution in [-0.2, 0) is 4.74 Å². The fourth-order valence-corrected chi connectivity index (χ4v) is 2.34. The lowest BCUT2D eigenvalue weighted by molar-refractivity contribution is 0.0650. The minimum absolute atomic E-state index is 0.146. The molecule has 1 aliphatic rings. The predicted molar refractivity (Wildman–Crippen MR) is 74.9 cm³/mol. The lowest BCUT2D eigenvalue weighted by Gasteiger charge is -2.32. The first-order valence-corrected chi connectivity index (χ1v) is 7.29. The van der Waals surface area contributed by atoms with Gasteiger partial charge in [-0.3, -0.25) is 0 Å². The van der Waals surface area contributed by atoms with Crippen LogP contribution in [0, 0.1) is 0 Å². The standard InChI is InChI=1S/C14H30N2O2/c1-4-7-15-14(3,12-17)6-9-16-8-5-10-18-13(2)11-16/h13,15,17H,4-12H2,1-3H3. The van der Waals surface area contributed by atoms with E-state index in [1.165, 1.54) is 0 Å². The van der Waals surface area contributed by atoms with Gasteiger partial charge in [-0.1, -0.05) is 6.92 Å². The molecule has 2 atom stereocenters. The summed E-state index contributed by atoms with van der Waals surface area (Å²) < 4.78 is 5.65. The third-order valence-corrected chi connectivity index (χ3v) is 3.67. The number of aliphatic hydroxyl groups is 1. The van der Waals surface area contributed by atoms with Crippen molar-refractivity contribution in [1.29, 1.82) is 0 Å². The molecule has 0 aliphatic carbocycles. The highest BCUT2D eigenvalue weighted by Gasteiger charge is 2.24. The number of nitrogens with zero attached hydrogens (tertiary/aromatic N) is 1. The van der Waals surface area contributed by atoms with Crippen molar-refractivity contribution in [1.82, 2.24) is 10.2 Å². The molecule has 2 unspecified atom stereocenters. The molecule has 1 saturated heterocycles. The molecule has 108 valence electrons. The van der Waals surface area contributed by atoms with Crippen molar-refractivity contribution in [2.45, 2.75) is 51.7 Å². The minimum atomic E-state index is -0.146. The maximum Gasteiger partial charge on any atom is 0.0673 e. The molecule has 0 spiro atoms. The summed E-state index contributed by atoms with van der Waals surface area (Å²) in [5.41, 5.74) is -0.146. The Morgan fingerprint density at radius 3 is 2.94 bits per heavy atom. The van der Waals surface area contributed by atoms with E-state index in [9.17, 15) is 5.11 Å². The van der Waals surface area contributed by atoms with Crippen LogP contribution in [0.1, 0.15) is 40.0 Å². The van der Waals surface area contributed by atoms with Gasteiger partial charge in [0.1, 0.15) is 0 Å². The molecule has 0 aromatic rings. The second-order valence-electron chi connectivity index (χ2n) is 5.73. The van der Waals surface area contributed by atoms with Crippen LogP contribution in [0.5, 0.6) is 0 Å². The molecule has 0 aromatic heterocycles. The highest BCUT2D eigenvalue weighted by atomic mass is 16.5. The van der Waals surface area contributed by atoms with E-state index >= 15 is 0 Å². The van der Waals surface area contributed by atoms with Gasteiger partial charge in [-0.15, -0.1) is 0 Å². The average Bonchev–Trinajstić information content (AvgIpc) is 2.58. The number of hydrogen-bond acceptors (Lipinski definition) is 4. The zero-order valence-corrected chi connectivity index (χ0v) is 12.2. The van der Waals surface area contributed by atoms with Crippen LogP contribution >= 0.6 is 0 Å². The van der Waals surface area contributed by atoms with Gasteiger partial charge >= 0.3 is 0 Å². The molecule has 1 fully saturated rings. The maximum atomic E-state index is 9.54. The van der Waals surface area contributed by atoms with Crippen molar-refractivity contribution < 1.29 is 9.84 Å². The molecule has 1 rings (SSSR count). The fraction of sp³-hybridized carbons (Fsp3) is 1.00. The summed E-state index contributed by atoms with van der Waals surface area (Å²) in [7, 11) is 0. The minimum Gasteiger partial charge on any atom is -0.394 e. The highest BCUT2D eigenvalue weighted by molar-refractivity contribution is 4.84. The van der Waals surface area contributed by atoms with E-state index in [-0.39, 0.29) is 12.1 Å². The Kier molecular flexibility index (Phi) is 7.15. The van der Waals surface area contributed by atoms with Crippen molar-refractivity contribution in [2.24, 2.45) is 0 Å². The van der Waals surface area contributed by atoms with Crippen molar-refractivity contribution in [3.05, 3.63) is 0 Å². The zero-order chi connectivity index (χ0) is 13.4. The predicted octanol–water partition coefficient (Wildman–Crippen LogP) is 1.24. The lowest BCUT2D eigenvalue weighted by Crippen LogP contribution is -2.48. The largest absolute Gasteiger partial charge is 0.394 e. The number of nitrogens with one attached hydrogen (secondary N) is 1. The summed E-state index contributed by atoms with van der Waals surface area (Å²) in [5, 5.41) is 13.0. The van der Waals surface area contributed by atoms with Gasteiger partial charge in [-0.2, -0.15) is 0 Å². The maximum absolute atomic E-state index is 9.54. The van der Waals surface area contributed by atoms with E-state index in [4.69, 9.17) is 4.74 Å². The first-order valence-electron chi connectivity index (χ1n) is 7.29. The van der Waals surface area contributed by atoms with Gasteiger partial charge in [-0.05, 0) is 39.7 Å². The number of hydrogen-bond donors (Lipinski definition) is 2.